The summed E-state index contributed by atoms with van der Waals surface area (Å²) in [5.74, 6) is 3.93. The number of thioether (sulfide) groups is 3. The minimum atomic E-state index is 0.852. The van der Waals surface area contributed by atoms with E-state index < -0.39 is 0 Å². The third-order valence-electron chi connectivity index (χ3n) is 2.11. The van der Waals surface area contributed by atoms with Gasteiger partial charge in [0.2, 0.25) is 0 Å². The molecule has 0 amide bonds. The van der Waals surface area contributed by atoms with Gasteiger partial charge in [-0.05, 0) is 30.4 Å². The number of hydrogen-bond acceptors (Lipinski definition) is 3. The molecule has 0 atom stereocenters. The van der Waals surface area contributed by atoms with Crippen LogP contribution in [0.1, 0.15) is 6.42 Å². The lowest BCUT2D eigenvalue weighted by Crippen LogP contribution is -1.93. The Kier molecular flexibility index (Phi) is 5.27. The summed E-state index contributed by atoms with van der Waals surface area (Å²) >= 11 is 9.71. The van der Waals surface area contributed by atoms with Gasteiger partial charge < -0.3 is 0 Å². The van der Waals surface area contributed by atoms with E-state index in [-0.39, 0.29) is 0 Å². The second-order valence-corrected chi connectivity index (χ2v) is 8.27. The SMILES string of the molecule is Brc1cccc(SCCC2SCCS2)c1. The molecule has 0 bridgehead atoms. The molecule has 0 aliphatic carbocycles. The molecule has 0 unspecified atom stereocenters. The molecule has 0 N–H and O–H groups in total. The van der Waals surface area contributed by atoms with Crippen LogP contribution >= 0.6 is 51.2 Å². The van der Waals surface area contributed by atoms with Gasteiger partial charge in [-0.3, -0.25) is 0 Å². The number of halogens is 1. The lowest BCUT2D eigenvalue weighted by molar-refractivity contribution is 1.08. The van der Waals surface area contributed by atoms with Crippen LogP contribution < -0.4 is 0 Å². The van der Waals surface area contributed by atoms with Gasteiger partial charge in [-0.15, -0.1) is 35.3 Å². The third-order valence-corrected chi connectivity index (χ3v) is 6.80. The van der Waals surface area contributed by atoms with Crippen molar-refractivity contribution in [3.8, 4) is 0 Å². The van der Waals surface area contributed by atoms with Gasteiger partial charge in [0.25, 0.3) is 0 Å². The predicted molar refractivity (Wildman–Crippen MR) is 78.2 cm³/mol. The van der Waals surface area contributed by atoms with E-state index in [1.165, 1.54) is 33.0 Å². The predicted octanol–water partition coefficient (Wildman–Crippen LogP) is 4.74. The fourth-order valence-electron chi connectivity index (χ4n) is 1.40. The Hall–Kier alpha value is 0.750. The van der Waals surface area contributed by atoms with Crippen molar-refractivity contribution < 1.29 is 0 Å². The highest BCUT2D eigenvalue weighted by Gasteiger charge is 2.15. The number of rotatable bonds is 4. The van der Waals surface area contributed by atoms with Crippen LogP contribution in [0.25, 0.3) is 0 Å². The third kappa shape index (κ3) is 4.25. The molecule has 0 aromatic heterocycles. The zero-order valence-corrected chi connectivity index (χ0v) is 12.4. The van der Waals surface area contributed by atoms with Crippen LogP contribution in [0.4, 0.5) is 0 Å². The van der Waals surface area contributed by atoms with Gasteiger partial charge in [0.15, 0.2) is 0 Å². The van der Waals surface area contributed by atoms with E-state index >= 15 is 0 Å². The average molecular weight is 321 g/mol. The van der Waals surface area contributed by atoms with E-state index in [2.05, 4.69) is 63.7 Å². The lowest BCUT2D eigenvalue weighted by Gasteiger charge is -2.07. The topological polar surface area (TPSA) is 0 Å². The molecule has 0 radical (unpaired) electrons. The first kappa shape index (κ1) is 12.2. The van der Waals surface area contributed by atoms with E-state index in [9.17, 15) is 0 Å². The van der Waals surface area contributed by atoms with Crippen molar-refractivity contribution in [2.75, 3.05) is 17.3 Å². The highest BCUT2D eigenvalue weighted by Crippen LogP contribution is 2.35. The highest BCUT2D eigenvalue weighted by atomic mass is 79.9. The maximum atomic E-state index is 3.50. The molecule has 1 aliphatic heterocycles. The van der Waals surface area contributed by atoms with Gasteiger partial charge in [-0.1, -0.05) is 22.0 Å². The Morgan fingerprint density at radius 3 is 2.87 bits per heavy atom. The molecule has 15 heavy (non-hydrogen) atoms. The van der Waals surface area contributed by atoms with E-state index in [0.717, 1.165) is 4.58 Å². The first-order chi connectivity index (χ1) is 7.34. The smallest absolute Gasteiger partial charge is 0.0511 e. The molecule has 1 heterocycles. The summed E-state index contributed by atoms with van der Waals surface area (Å²) in [6.45, 7) is 0. The molecular formula is C11H13BrS3. The molecule has 1 aromatic carbocycles. The Labute approximate surface area is 112 Å². The average Bonchev–Trinajstić information content (AvgIpc) is 2.71. The van der Waals surface area contributed by atoms with Crippen molar-refractivity contribution in [1.82, 2.24) is 0 Å². The van der Waals surface area contributed by atoms with Crippen molar-refractivity contribution in [1.29, 1.82) is 0 Å². The Bertz CT molecular complexity index is 310. The fraction of sp³-hybridized carbons (Fsp3) is 0.455. The molecule has 1 aromatic rings. The summed E-state index contributed by atoms with van der Waals surface area (Å²) in [5, 5.41) is 0. The van der Waals surface area contributed by atoms with Gasteiger partial charge in [-0.25, -0.2) is 0 Å². The Morgan fingerprint density at radius 2 is 2.13 bits per heavy atom. The Balaban J connectivity index is 1.73. The van der Waals surface area contributed by atoms with Crippen LogP contribution in [-0.2, 0) is 0 Å². The van der Waals surface area contributed by atoms with Crippen LogP contribution in [-0.4, -0.2) is 21.8 Å². The molecule has 1 fully saturated rings. The molecule has 2 rings (SSSR count). The number of hydrogen-bond donors (Lipinski definition) is 0. The molecule has 0 nitrogen and oxygen atoms in total. The van der Waals surface area contributed by atoms with Crippen LogP contribution in [0.5, 0.6) is 0 Å². The highest BCUT2D eigenvalue weighted by molar-refractivity contribution is 9.10. The first-order valence-corrected chi connectivity index (χ1v) is 8.84. The van der Waals surface area contributed by atoms with Crippen LogP contribution in [0.2, 0.25) is 0 Å². The molecule has 0 spiro atoms. The number of benzene rings is 1. The Morgan fingerprint density at radius 1 is 1.33 bits per heavy atom. The van der Waals surface area contributed by atoms with E-state index in [0.29, 0.717) is 0 Å². The standard InChI is InChI=1S/C11H13BrS3/c12-9-2-1-3-10(8-9)13-5-4-11-14-6-7-15-11/h1-3,8,11H,4-7H2. The summed E-state index contributed by atoms with van der Waals surface area (Å²) in [7, 11) is 0. The van der Waals surface area contributed by atoms with Gasteiger partial charge in [0.05, 0.1) is 4.58 Å². The molecular weight excluding hydrogens is 308 g/mol. The summed E-state index contributed by atoms with van der Waals surface area (Å²) in [6, 6.07) is 8.56. The zero-order valence-electron chi connectivity index (χ0n) is 8.32. The van der Waals surface area contributed by atoms with Crippen LogP contribution in [0.15, 0.2) is 33.6 Å². The molecule has 82 valence electrons. The monoisotopic (exact) mass is 320 g/mol. The maximum absolute atomic E-state index is 3.50. The maximum Gasteiger partial charge on any atom is 0.0511 e. The lowest BCUT2D eigenvalue weighted by atomic mass is 10.4. The zero-order chi connectivity index (χ0) is 10.5. The summed E-state index contributed by atoms with van der Waals surface area (Å²) in [6.07, 6.45) is 1.33. The minimum absolute atomic E-state index is 0.852. The van der Waals surface area contributed by atoms with Gasteiger partial charge in [0, 0.05) is 20.9 Å². The van der Waals surface area contributed by atoms with Gasteiger partial charge in [0.1, 0.15) is 0 Å². The second-order valence-electron chi connectivity index (χ2n) is 3.27. The van der Waals surface area contributed by atoms with E-state index in [1.807, 2.05) is 11.8 Å². The summed E-state index contributed by atoms with van der Waals surface area (Å²) in [4.78, 5) is 1.37. The minimum Gasteiger partial charge on any atom is -0.147 e. The van der Waals surface area contributed by atoms with Crippen molar-refractivity contribution in [3.63, 3.8) is 0 Å². The van der Waals surface area contributed by atoms with Crippen molar-refractivity contribution in [2.24, 2.45) is 0 Å². The fourth-order valence-corrected chi connectivity index (χ4v) is 6.05. The molecule has 1 saturated heterocycles. The largest absolute Gasteiger partial charge is 0.147 e. The van der Waals surface area contributed by atoms with Crippen molar-refractivity contribution in [2.45, 2.75) is 15.9 Å². The van der Waals surface area contributed by atoms with Gasteiger partial charge >= 0.3 is 0 Å². The first-order valence-electron chi connectivity index (χ1n) is 4.96. The quantitative estimate of drug-likeness (QED) is 0.735. The second kappa shape index (κ2) is 6.48. The van der Waals surface area contributed by atoms with E-state index in [4.69, 9.17) is 0 Å². The summed E-state index contributed by atoms with van der Waals surface area (Å²) < 4.78 is 2.03. The van der Waals surface area contributed by atoms with Crippen molar-refractivity contribution >= 4 is 51.2 Å². The molecule has 1 aliphatic rings. The van der Waals surface area contributed by atoms with Gasteiger partial charge in [-0.2, -0.15) is 0 Å². The summed E-state index contributed by atoms with van der Waals surface area (Å²) in [5.41, 5.74) is 0. The van der Waals surface area contributed by atoms with Crippen molar-refractivity contribution in [3.05, 3.63) is 28.7 Å². The normalized spacial score (nSPS) is 17.1. The van der Waals surface area contributed by atoms with Crippen LogP contribution in [0.3, 0.4) is 0 Å². The molecule has 0 saturated carbocycles. The molecule has 4 heteroatoms. The van der Waals surface area contributed by atoms with E-state index in [1.54, 1.807) is 0 Å². The van der Waals surface area contributed by atoms with Crippen LogP contribution in [0, 0.1) is 0 Å².